The Balaban J connectivity index is 3.22. The van der Waals surface area contributed by atoms with E-state index in [0.717, 1.165) is 15.6 Å². The number of carboxylic acids is 1. The minimum Gasteiger partial charge on any atom is -0.481 e. The molecular formula is C16H19BrO4. The van der Waals surface area contributed by atoms with Gasteiger partial charge in [0.05, 0.1) is 13.0 Å². The highest BCUT2D eigenvalue weighted by Crippen LogP contribution is 2.25. The average molecular weight is 355 g/mol. The lowest BCUT2D eigenvalue weighted by Crippen LogP contribution is -2.11. The van der Waals surface area contributed by atoms with Crippen molar-refractivity contribution in [1.29, 1.82) is 0 Å². The summed E-state index contributed by atoms with van der Waals surface area (Å²) in [6.07, 6.45) is 1.21. The Morgan fingerprint density at radius 1 is 1.38 bits per heavy atom. The summed E-state index contributed by atoms with van der Waals surface area (Å²) in [6, 6.07) is 5.83. The molecule has 0 aromatic heterocycles. The van der Waals surface area contributed by atoms with Gasteiger partial charge in [-0.3, -0.25) is 4.79 Å². The minimum absolute atomic E-state index is 0.131. The van der Waals surface area contributed by atoms with Crippen molar-refractivity contribution in [1.82, 2.24) is 0 Å². The first kappa shape index (κ1) is 17.4. The molecule has 1 aromatic carbocycles. The van der Waals surface area contributed by atoms with Crippen LogP contribution in [0.2, 0.25) is 0 Å². The number of carbonyl (C=O) groups excluding carboxylic acids is 1. The fourth-order valence-corrected chi connectivity index (χ4v) is 2.15. The molecule has 4 nitrogen and oxygen atoms in total. The molecule has 0 fully saturated rings. The van der Waals surface area contributed by atoms with Crippen LogP contribution in [-0.4, -0.2) is 23.7 Å². The third-order valence-electron chi connectivity index (χ3n) is 2.90. The quantitative estimate of drug-likeness (QED) is 0.619. The molecule has 21 heavy (non-hydrogen) atoms. The zero-order valence-corrected chi connectivity index (χ0v) is 13.9. The van der Waals surface area contributed by atoms with Gasteiger partial charge in [-0.25, -0.2) is 4.79 Å². The van der Waals surface area contributed by atoms with E-state index < -0.39 is 11.9 Å². The van der Waals surface area contributed by atoms with E-state index in [2.05, 4.69) is 29.8 Å². The SMILES string of the molecule is CCOC(=O)C(=Cc1cc(C(C)C)ccc1Br)CC(=O)O. The van der Waals surface area contributed by atoms with Crippen LogP contribution in [-0.2, 0) is 14.3 Å². The van der Waals surface area contributed by atoms with Gasteiger partial charge in [0, 0.05) is 10.0 Å². The van der Waals surface area contributed by atoms with Crippen LogP contribution in [0.1, 0.15) is 44.2 Å². The Kier molecular flexibility index (Phi) is 6.62. The van der Waals surface area contributed by atoms with Crippen LogP contribution < -0.4 is 0 Å². The largest absolute Gasteiger partial charge is 0.481 e. The molecule has 0 aliphatic carbocycles. The Labute approximate surface area is 132 Å². The zero-order chi connectivity index (χ0) is 16.0. The lowest BCUT2D eigenvalue weighted by molar-refractivity contribution is -0.142. The summed E-state index contributed by atoms with van der Waals surface area (Å²) in [5, 5.41) is 8.93. The monoisotopic (exact) mass is 354 g/mol. The molecule has 0 atom stereocenters. The highest BCUT2D eigenvalue weighted by molar-refractivity contribution is 9.10. The molecule has 1 N–H and O–H groups in total. The van der Waals surface area contributed by atoms with Crippen LogP contribution in [0, 0.1) is 0 Å². The molecule has 5 heteroatoms. The lowest BCUT2D eigenvalue weighted by atomic mass is 9.99. The molecule has 0 saturated carbocycles. The highest BCUT2D eigenvalue weighted by atomic mass is 79.9. The van der Waals surface area contributed by atoms with Crippen molar-refractivity contribution in [3.8, 4) is 0 Å². The van der Waals surface area contributed by atoms with E-state index in [1.165, 1.54) is 0 Å². The maximum atomic E-state index is 11.8. The first-order valence-electron chi connectivity index (χ1n) is 6.74. The standard InChI is InChI=1S/C16H19BrO4/c1-4-21-16(20)13(9-15(18)19)8-12-7-11(10(2)3)5-6-14(12)17/h5-8,10H,4,9H2,1-3H3,(H,18,19). The van der Waals surface area contributed by atoms with E-state index in [1.54, 1.807) is 13.0 Å². The van der Waals surface area contributed by atoms with Gasteiger partial charge < -0.3 is 9.84 Å². The van der Waals surface area contributed by atoms with Crippen LogP contribution in [0.3, 0.4) is 0 Å². The van der Waals surface area contributed by atoms with Crippen molar-refractivity contribution in [3.63, 3.8) is 0 Å². The molecule has 0 heterocycles. The normalized spacial score (nSPS) is 11.6. The fraction of sp³-hybridized carbons (Fsp3) is 0.375. The summed E-state index contributed by atoms with van der Waals surface area (Å²) in [6.45, 7) is 6.04. The smallest absolute Gasteiger partial charge is 0.334 e. The zero-order valence-electron chi connectivity index (χ0n) is 12.4. The molecule has 0 unspecified atom stereocenters. The van der Waals surface area contributed by atoms with Gasteiger partial charge in [-0.15, -0.1) is 0 Å². The van der Waals surface area contributed by atoms with Gasteiger partial charge in [0.1, 0.15) is 0 Å². The van der Waals surface area contributed by atoms with E-state index in [1.807, 2.05) is 18.2 Å². The molecule has 0 amide bonds. The fourth-order valence-electron chi connectivity index (χ4n) is 1.79. The van der Waals surface area contributed by atoms with Gasteiger partial charge in [-0.05, 0) is 36.1 Å². The molecule has 0 bridgehead atoms. The van der Waals surface area contributed by atoms with Gasteiger partial charge in [0.25, 0.3) is 0 Å². The van der Waals surface area contributed by atoms with Crippen molar-refractivity contribution in [2.24, 2.45) is 0 Å². The topological polar surface area (TPSA) is 63.6 Å². The van der Waals surface area contributed by atoms with Crippen molar-refractivity contribution < 1.29 is 19.4 Å². The predicted octanol–water partition coefficient (Wildman–Crippen LogP) is 3.99. The summed E-state index contributed by atoms with van der Waals surface area (Å²) < 4.78 is 5.71. The number of aliphatic carboxylic acids is 1. The first-order valence-corrected chi connectivity index (χ1v) is 7.53. The van der Waals surface area contributed by atoms with Gasteiger partial charge in [0.15, 0.2) is 0 Å². The second-order valence-electron chi connectivity index (χ2n) is 4.90. The predicted molar refractivity (Wildman–Crippen MR) is 85.1 cm³/mol. The average Bonchev–Trinajstić information content (AvgIpc) is 2.39. The number of esters is 1. The van der Waals surface area contributed by atoms with Crippen LogP contribution in [0.5, 0.6) is 0 Å². The van der Waals surface area contributed by atoms with Crippen molar-refractivity contribution in [2.45, 2.75) is 33.1 Å². The number of rotatable bonds is 6. The van der Waals surface area contributed by atoms with Crippen LogP contribution in [0.15, 0.2) is 28.2 Å². The summed E-state index contributed by atoms with van der Waals surface area (Å²) in [5.41, 5.74) is 2.01. The number of carbonyl (C=O) groups is 2. The van der Waals surface area contributed by atoms with E-state index in [-0.39, 0.29) is 18.6 Å². The third kappa shape index (κ3) is 5.34. The van der Waals surface area contributed by atoms with Gasteiger partial charge >= 0.3 is 11.9 Å². The van der Waals surface area contributed by atoms with Crippen LogP contribution in [0.25, 0.3) is 6.08 Å². The third-order valence-corrected chi connectivity index (χ3v) is 3.62. The van der Waals surface area contributed by atoms with Gasteiger partial charge in [-0.1, -0.05) is 41.9 Å². The number of carboxylic acid groups (broad SMARTS) is 1. The second-order valence-corrected chi connectivity index (χ2v) is 5.75. The molecule has 0 aliphatic rings. The van der Waals surface area contributed by atoms with E-state index in [4.69, 9.17) is 9.84 Å². The summed E-state index contributed by atoms with van der Waals surface area (Å²) >= 11 is 3.42. The van der Waals surface area contributed by atoms with Crippen molar-refractivity contribution >= 4 is 33.9 Å². The maximum absolute atomic E-state index is 11.8. The van der Waals surface area contributed by atoms with E-state index in [9.17, 15) is 9.59 Å². The van der Waals surface area contributed by atoms with Crippen LogP contribution in [0.4, 0.5) is 0 Å². The summed E-state index contributed by atoms with van der Waals surface area (Å²) in [7, 11) is 0. The molecule has 0 saturated heterocycles. The molecule has 0 aliphatic heterocycles. The number of hydrogen-bond acceptors (Lipinski definition) is 3. The highest BCUT2D eigenvalue weighted by Gasteiger charge is 2.15. The van der Waals surface area contributed by atoms with E-state index in [0.29, 0.717) is 5.92 Å². The number of hydrogen-bond donors (Lipinski definition) is 1. The first-order chi connectivity index (χ1) is 9.85. The maximum Gasteiger partial charge on any atom is 0.334 e. The molecule has 114 valence electrons. The summed E-state index contributed by atoms with van der Waals surface area (Å²) in [5.74, 6) is -1.32. The van der Waals surface area contributed by atoms with E-state index >= 15 is 0 Å². The minimum atomic E-state index is -1.06. The number of ether oxygens (including phenoxy) is 1. The molecule has 1 aromatic rings. The number of benzene rings is 1. The van der Waals surface area contributed by atoms with Gasteiger partial charge in [-0.2, -0.15) is 0 Å². The molecule has 1 rings (SSSR count). The summed E-state index contributed by atoms with van der Waals surface area (Å²) in [4.78, 5) is 22.8. The Morgan fingerprint density at radius 2 is 2.05 bits per heavy atom. The lowest BCUT2D eigenvalue weighted by Gasteiger charge is -2.10. The molecule has 0 radical (unpaired) electrons. The second kappa shape index (κ2) is 7.98. The Hall–Kier alpha value is -1.62. The number of halogens is 1. The molecule has 0 spiro atoms. The van der Waals surface area contributed by atoms with Crippen molar-refractivity contribution in [2.75, 3.05) is 6.61 Å². The Morgan fingerprint density at radius 3 is 2.57 bits per heavy atom. The van der Waals surface area contributed by atoms with Crippen molar-refractivity contribution in [3.05, 3.63) is 39.4 Å². The van der Waals surface area contributed by atoms with Crippen LogP contribution >= 0.6 is 15.9 Å². The Bertz CT molecular complexity index is 561. The van der Waals surface area contributed by atoms with Gasteiger partial charge in [0.2, 0.25) is 0 Å². The molecular weight excluding hydrogens is 336 g/mol.